The van der Waals surface area contributed by atoms with Gasteiger partial charge in [0.2, 0.25) is 0 Å². The second kappa shape index (κ2) is 6.69. The topological polar surface area (TPSA) is 77.6 Å². The molecule has 2 aromatic rings. The Morgan fingerprint density at radius 3 is 2.89 bits per heavy atom. The zero-order valence-corrected chi connectivity index (χ0v) is 18.5. The smallest absolute Gasteiger partial charge is 0.338 e. The van der Waals surface area contributed by atoms with Crippen molar-refractivity contribution in [1.82, 2.24) is 4.98 Å². The fourth-order valence-corrected chi connectivity index (χ4v) is 6.53. The van der Waals surface area contributed by atoms with Gasteiger partial charge < -0.3 is 10.5 Å². The number of hydrogen-bond acceptors (Lipinski definition) is 7. The van der Waals surface area contributed by atoms with E-state index < -0.39 is 16.4 Å². The summed E-state index contributed by atoms with van der Waals surface area (Å²) in [6.07, 6.45) is 2.61. The summed E-state index contributed by atoms with van der Waals surface area (Å²) in [5.41, 5.74) is 8.17. The summed E-state index contributed by atoms with van der Waals surface area (Å²) >= 11 is 6.50. The van der Waals surface area contributed by atoms with Crippen LogP contribution in [0.3, 0.4) is 0 Å². The number of thiazole rings is 1. The third-order valence-electron chi connectivity index (χ3n) is 4.44. The third-order valence-corrected chi connectivity index (χ3v) is 7.50. The van der Waals surface area contributed by atoms with Crippen molar-refractivity contribution in [3.05, 3.63) is 38.2 Å². The number of carbonyl (C=O) groups is 1. The highest BCUT2D eigenvalue weighted by atomic mass is 79.9. The zero-order valence-electron chi connectivity index (χ0n) is 15.3. The normalized spacial score (nSPS) is 25.1. The van der Waals surface area contributed by atoms with Crippen LogP contribution >= 0.6 is 39.0 Å². The van der Waals surface area contributed by atoms with E-state index in [-0.39, 0.29) is 5.92 Å². The lowest BCUT2D eigenvalue weighted by molar-refractivity contribution is -0.158. The average Bonchev–Trinajstić information content (AvgIpc) is 3.12. The quantitative estimate of drug-likeness (QED) is 0.654. The number of ether oxygens (including phenoxy) is 1. The van der Waals surface area contributed by atoms with Gasteiger partial charge in [-0.3, -0.25) is 4.99 Å². The third kappa shape index (κ3) is 3.37. The summed E-state index contributed by atoms with van der Waals surface area (Å²) in [5.74, 6) is -0.727. The van der Waals surface area contributed by atoms with Gasteiger partial charge in [-0.2, -0.15) is 0 Å². The number of thioether (sulfide) groups is 1. The van der Waals surface area contributed by atoms with E-state index in [0.717, 1.165) is 36.6 Å². The molecule has 1 aromatic heterocycles. The van der Waals surface area contributed by atoms with Gasteiger partial charge in [-0.1, -0.05) is 17.8 Å². The van der Waals surface area contributed by atoms with Crippen LogP contribution in [0.5, 0.6) is 0 Å². The number of rotatable bonds is 2. The van der Waals surface area contributed by atoms with Crippen LogP contribution in [-0.2, 0) is 9.53 Å². The number of dihydropyridines is 1. The first-order chi connectivity index (χ1) is 12.7. The Labute approximate surface area is 174 Å². The fraction of sp³-hybridized carbons (Fsp3) is 0.421. The molecule has 142 valence electrons. The van der Waals surface area contributed by atoms with Gasteiger partial charge in [0, 0.05) is 22.1 Å². The van der Waals surface area contributed by atoms with E-state index in [2.05, 4.69) is 20.9 Å². The monoisotopic (exact) mass is 465 g/mol. The number of nitrogens with zero attached hydrogens (tertiary/aromatic N) is 2. The van der Waals surface area contributed by atoms with Crippen molar-refractivity contribution in [3.8, 4) is 0 Å². The van der Waals surface area contributed by atoms with E-state index in [1.165, 1.54) is 11.8 Å². The van der Waals surface area contributed by atoms with E-state index in [1.807, 2.05) is 45.2 Å². The summed E-state index contributed by atoms with van der Waals surface area (Å²) in [4.78, 5) is 22.1. The Balaban J connectivity index is 1.83. The molecule has 3 heterocycles. The van der Waals surface area contributed by atoms with Crippen LogP contribution in [0.25, 0.3) is 10.2 Å². The number of halogens is 1. The number of benzene rings is 1. The van der Waals surface area contributed by atoms with Gasteiger partial charge in [-0.25, -0.2) is 9.78 Å². The van der Waals surface area contributed by atoms with Crippen molar-refractivity contribution in [2.24, 2.45) is 10.7 Å². The van der Waals surface area contributed by atoms with Crippen molar-refractivity contribution >= 4 is 61.4 Å². The van der Waals surface area contributed by atoms with Crippen LogP contribution in [0.1, 0.15) is 38.1 Å². The Kier molecular flexibility index (Phi) is 4.73. The van der Waals surface area contributed by atoms with E-state index in [0.29, 0.717) is 6.54 Å². The van der Waals surface area contributed by atoms with Crippen molar-refractivity contribution in [2.45, 2.75) is 43.6 Å². The number of fused-ring (bicyclic) bond motifs is 1. The predicted octanol–water partition coefficient (Wildman–Crippen LogP) is 4.61. The van der Waals surface area contributed by atoms with Gasteiger partial charge in [-0.05, 0) is 60.8 Å². The fourth-order valence-electron chi connectivity index (χ4n) is 3.32. The molecular formula is C19H20BrN3O2S2. The van der Waals surface area contributed by atoms with Gasteiger partial charge in [0.15, 0.2) is 4.87 Å². The number of aliphatic imine (C=N–C) groups is 1. The highest BCUT2D eigenvalue weighted by Gasteiger charge is 2.55. The first kappa shape index (κ1) is 19.1. The van der Waals surface area contributed by atoms with Gasteiger partial charge in [0.05, 0.1) is 16.1 Å². The number of carbonyl (C=O) groups excluding carboxylic acids is 1. The van der Waals surface area contributed by atoms with Gasteiger partial charge >= 0.3 is 5.97 Å². The van der Waals surface area contributed by atoms with Gasteiger partial charge in [0.25, 0.3) is 0 Å². The molecule has 2 atom stereocenters. The molecular weight excluding hydrogens is 446 g/mol. The summed E-state index contributed by atoms with van der Waals surface area (Å²) in [7, 11) is 0. The molecule has 0 spiro atoms. The van der Waals surface area contributed by atoms with E-state index in [9.17, 15) is 4.79 Å². The molecule has 0 fully saturated rings. The van der Waals surface area contributed by atoms with Crippen LogP contribution in [0.2, 0.25) is 0 Å². The predicted molar refractivity (Wildman–Crippen MR) is 115 cm³/mol. The Morgan fingerprint density at radius 2 is 2.19 bits per heavy atom. The SMILES string of the molecule is CC(C)(C)OC(=O)C1(N)SC2=C(CCN=C2)C1c1nc2c(Br)cccc2s1. The molecule has 2 aliphatic rings. The van der Waals surface area contributed by atoms with Gasteiger partial charge in [-0.15, -0.1) is 11.3 Å². The molecule has 0 saturated carbocycles. The minimum Gasteiger partial charge on any atom is -0.458 e. The Bertz CT molecular complexity index is 992. The zero-order chi connectivity index (χ0) is 19.4. The summed E-state index contributed by atoms with van der Waals surface area (Å²) in [6.45, 7) is 6.26. The Morgan fingerprint density at radius 1 is 1.41 bits per heavy atom. The standard InChI is InChI=1S/C19H20BrN3O2S2/c1-18(2,3)25-17(24)19(21)14(10-7-8-22-9-13(10)27-19)16-23-15-11(20)5-4-6-12(15)26-16/h4-6,9,14H,7-8,21H2,1-3H3. The average molecular weight is 466 g/mol. The molecule has 0 bridgehead atoms. The first-order valence-corrected chi connectivity index (χ1v) is 11.1. The number of hydrogen-bond donors (Lipinski definition) is 1. The van der Waals surface area contributed by atoms with Crippen LogP contribution in [-0.4, -0.2) is 34.2 Å². The summed E-state index contributed by atoms with van der Waals surface area (Å²) in [6, 6.07) is 5.99. The molecule has 2 aliphatic heterocycles. The maximum atomic E-state index is 13.1. The minimum absolute atomic E-state index is 0.316. The molecule has 4 rings (SSSR count). The second-order valence-corrected chi connectivity index (χ2v) is 10.9. The molecule has 2 unspecified atom stereocenters. The molecule has 0 saturated heterocycles. The van der Waals surface area contributed by atoms with Crippen LogP contribution in [0.15, 0.2) is 38.1 Å². The molecule has 0 amide bonds. The minimum atomic E-state index is -1.24. The second-order valence-electron chi connectivity index (χ2n) is 7.64. The number of esters is 1. The van der Waals surface area contributed by atoms with Crippen molar-refractivity contribution in [2.75, 3.05) is 6.54 Å². The molecule has 1 aromatic carbocycles. The van der Waals surface area contributed by atoms with Crippen LogP contribution < -0.4 is 5.73 Å². The highest BCUT2D eigenvalue weighted by Crippen LogP contribution is 2.55. The van der Waals surface area contributed by atoms with Crippen molar-refractivity contribution < 1.29 is 9.53 Å². The van der Waals surface area contributed by atoms with Crippen LogP contribution in [0, 0.1) is 0 Å². The van der Waals surface area contributed by atoms with E-state index in [4.69, 9.17) is 15.5 Å². The molecule has 5 nitrogen and oxygen atoms in total. The summed E-state index contributed by atoms with van der Waals surface area (Å²) in [5, 5.41) is 0.845. The van der Waals surface area contributed by atoms with Crippen molar-refractivity contribution in [3.63, 3.8) is 0 Å². The number of nitrogens with two attached hydrogens (primary N) is 1. The number of allylic oxidation sites excluding steroid dienone is 1. The number of aromatic nitrogens is 1. The van der Waals surface area contributed by atoms with Gasteiger partial charge in [0.1, 0.15) is 10.6 Å². The highest BCUT2D eigenvalue weighted by molar-refractivity contribution is 9.10. The lowest BCUT2D eigenvalue weighted by Gasteiger charge is -2.32. The molecule has 0 aliphatic carbocycles. The Hall–Kier alpha value is -1.22. The largest absolute Gasteiger partial charge is 0.458 e. The summed E-state index contributed by atoms with van der Waals surface area (Å²) < 4.78 is 7.69. The number of para-hydroxylation sites is 1. The van der Waals surface area contributed by atoms with Crippen molar-refractivity contribution in [1.29, 1.82) is 0 Å². The molecule has 27 heavy (non-hydrogen) atoms. The van der Waals surface area contributed by atoms with Crippen LogP contribution in [0.4, 0.5) is 0 Å². The first-order valence-electron chi connectivity index (χ1n) is 8.68. The lowest BCUT2D eigenvalue weighted by Crippen LogP contribution is -2.51. The van der Waals surface area contributed by atoms with E-state index in [1.54, 1.807) is 11.3 Å². The lowest BCUT2D eigenvalue weighted by atomic mass is 9.88. The molecule has 0 radical (unpaired) electrons. The maximum absolute atomic E-state index is 13.1. The van der Waals surface area contributed by atoms with E-state index >= 15 is 0 Å². The molecule has 2 N–H and O–H groups in total. The molecule has 8 heteroatoms. The maximum Gasteiger partial charge on any atom is 0.338 e.